The molecule has 1 amide bonds. The van der Waals surface area contributed by atoms with Crippen LogP contribution in [0.5, 0.6) is 0 Å². The number of nitro benzene ring substituents is 2. The summed E-state index contributed by atoms with van der Waals surface area (Å²) in [6.07, 6.45) is 3.59. The highest BCUT2D eigenvalue weighted by Gasteiger charge is 2.31. The lowest BCUT2D eigenvalue weighted by Crippen LogP contribution is -2.43. The second-order valence-electron chi connectivity index (χ2n) is 5.71. The molecule has 0 spiro atoms. The first kappa shape index (κ1) is 16.9. The van der Waals surface area contributed by atoms with Gasteiger partial charge in [-0.1, -0.05) is 6.92 Å². The summed E-state index contributed by atoms with van der Waals surface area (Å²) in [6.45, 7) is 4.02. The zero-order valence-corrected chi connectivity index (χ0v) is 13.2. The number of rotatable bonds is 4. The number of benzene rings is 1. The van der Waals surface area contributed by atoms with Crippen molar-refractivity contribution in [2.24, 2.45) is 0 Å². The second-order valence-corrected chi connectivity index (χ2v) is 5.71. The molecule has 2 rings (SSSR count). The van der Waals surface area contributed by atoms with Crippen LogP contribution in [0, 0.1) is 27.2 Å². The molecular weight excluding hydrogens is 302 g/mol. The van der Waals surface area contributed by atoms with Crippen molar-refractivity contribution < 1.29 is 14.6 Å². The van der Waals surface area contributed by atoms with E-state index >= 15 is 0 Å². The van der Waals surface area contributed by atoms with Crippen LogP contribution in [0.1, 0.15) is 48.5 Å². The number of hydrogen-bond acceptors (Lipinski definition) is 5. The lowest BCUT2D eigenvalue weighted by atomic mass is 9.97. The van der Waals surface area contributed by atoms with E-state index in [2.05, 4.69) is 0 Å². The van der Waals surface area contributed by atoms with Crippen molar-refractivity contribution in [3.8, 4) is 0 Å². The largest absolute Gasteiger partial charge is 0.336 e. The summed E-state index contributed by atoms with van der Waals surface area (Å²) in [7, 11) is 0. The Hall–Kier alpha value is -2.51. The van der Waals surface area contributed by atoms with Gasteiger partial charge in [-0.15, -0.1) is 0 Å². The molecule has 8 heteroatoms. The molecule has 1 heterocycles. The molecule has 1 saturated heterocycles. The van der Waals surface area contributed by atoms with Crippen molar-refractivity contribution in [3.63, 3.8) is 0 Å². The summed E-state index contributed by atoms with van der Waals surface area (Å²) >= 11 is 0. The third-order valence-corrected chi connectivity index (χ3v) is 4.36. The SMILES string of the molecule is CCC1CCCCN1C(=O)c1cc([N+](=O)[O-])cc([N+](=O)[O-])c1C. The highest BCUT2D eigenvalue weighted by Crippen LogP contribution is 2.30. The highest BCUT2D eigenvalue weighted by atomic mass is 16.6. The summed E-state index contributed by atoms with van der Waals surface area (Å²) in [5.41, 5.74) is -0.611. The Labute approximate surface area is 133 Å². The third-order valence-electron chi connectivity index (χ3n) is 4.36. The second kappa shape index (κ2) is 6.72. The van der Waals surface area contributed by atoms with E-state index in [1.54, 1.807) is 4.90 Å². The predicted molar refractivity (Wildman–Crippen MR) is 83.5 cm³/mol. The molecule has 8 nitrogen and oxygen atoms in total. The van der Waals surface area contributed by atoms with E-state index in [9.17, 15) is 25.0 Å². The number of hydrogen-bond donors (Lipinski definition) is 0. The van der Waals surface area contributed by atoms with Crippen LogP contribution in [0.25, 0.3) is 0 Å². The Bertz CT molecular complexity index is 659. The van der Waals surface area contributed by atoms with Crippen LogP contribution in [0.4, 0.5) is 11.4 Å². The number of likely N-dealkylation sites (tertiary alicyclic amines) is 1. The fourth-order valence-electron chi connectivity index (χ4n) is 3.05. The summed E-state index contributed by atoms with van der Waals surface area (Å²) in [5.74, 6) is -0.360. The van der Waals surface area contributed by atoms with E-state index < -0.39 is 21.2 Å². The standard InChI is InChI=1S/C15H19N3O5/c1-3-11-6-4-5-7-16(11)15(19)13-8-12(17(20)21)9-14(10(13)2)18(22)23/h8-9,11H,3-7H2,1-2H3. The average Bonchev–Trinajstić information content (AvgIpc) is 2.53. The van der Waals surface area contributed by atoms with Crippen LogP contribution in [0.3, 0.4) is 0 Å². The Morgan fingerprint density at radius 3 is 2.52 bits per heavy atom. The topological polar surface area (TPSA) is 107 Å². The summed E-state index contributed by atoms with van der Waals surface area (Å²) in [5, 5.41) is 22.1. The van der Waals surface area contributed by atoms with Gasteiger partial charge in [0, 0.05) is 24.2 Å². The third kappa shape index (κ3) is 3.30. The number of non-ortho nitro benzene ring substituents is 1. The van der Waals surface area contributed by atoms with Gasteiger partial charge in [0.1, 0.15) is 0 Å². The van der Waals surface area contributed by atoms with Crippen molar-refractivity contribution in [1.82, 2.24) is 4.90 Å². The Morgan fingerprint density at radius 1 is 1.26 bits per heavy atom. The molecule has 1 aliphatic heterocycles. The van der Waals surface area contributed by atoms with Crippen LogP contribution in [0.2, 0.25) is 0 Å². The molecule has 0 saturated carbocycles. The lowest BCUT2D eigenvalue weighted by molar-refractivity contribution is -0.394. The van der Waals surface area contributed by atoms with E-state index in [1.165, 1.54) is 6.92 Å². The van der Waals surface area contributed by atoms with E-state index in [0.717, 1.165) is 37.8 Å². The first-order valence-electron chi connectivity index (χ1n) is 7.61. The minimum Gasteiger partial charge on any atom is -0.336 e. The molecule has 1 atom stereocenters. The Balaban J connectivity index is 2.50. The number of carbonyl (C=O) groups excluding carboxylic acids is 1. The summed E-state index contributed by atoms with van der Waals surface area (Å²) < 4.78 is 0. The van der Waals surface area contributed by atoms with Crippen LogP contribution in [0.15, 0.2) is 12.1 Å². The first-order chi connectivity index (χ1) is 10.9. The van der Waals surface area contributed by atoms with Crippen LogP contribution < -0.4 is 0 Å². The molecule has 0 N–H and O–H groups in total. The molecular formula is C15H19N3O5. The first-order valence-corrected chi connectivity index (χ1v) is 7.61. The van der Waals surface area contributed by atoms with Gasteiger partial charge >= 0.3 is 0 Å². The minimum atomic E-state index is -0.712. The number of nitro groups is 2. The number of piperidine rings is 1. The van der Waals surface area contributed by atoms with Gasteiger partial charge in [0.25, 0.3) is 17.3 Å². The average molecular weight is 321 g/mol. The monoisotopic (exact) mass is 321 g/mol. The summed E-state index contributed by atoms with van der Waals surface area (Å²) in [4.78, 5) is 35.3. The smallest absolute Gasteiger partial charge is 0.279 e. The van der Waals surface area contributed by atoms with Gasteiger partial charge in [0.2, 0.25) is 0 Å². The van der Waals surface area contributed by atoms with Gasteiger partial charge in [-0.05, 0) is 32.6 Å². The Kier molecular flexibility index (Phi) is 4.92. The highest BCUT2D eigenvalue weighted by molar-refractivity contribution is 5.97. The molecule has 1 aliphatic rings. The van der Waals surface area contributed by atoms with E-state index in [0.29, 0.717) is 6.54 Å². The predicted octanol–water partition coefficient (Wildman–Crippen LogP) is 3.22. The molecule has 1 aromatic carbocycles. The van der Waals surface area contributed by atoms with E-state index in [1.807, 2.05) is 6.92 Å². The van der Waals surface area contributed by atoms with Crippen LogP contribution in [-0.2, 0) is 0 Å². The van der Waals surface area contributed by atoms with Gasteiger partial charge in [0.05, 0.1) is 21.5 Å². The number of nitrogens with zero attached hydrogens (tertiary/aromatic N) is 3. The quantitative estimate of drug-likeness (QED) is 0.625. The lowest BCUT2D eigenvalue weighted by Gasteiger charge is -2.35. The number of carbonyl (C=O) groups is 1. The molecule has 0 aromatic heterocycles. The van der Waals surface area contributed by atoms with Gasteiger partial charge in [-0.2, -0.15) is 0 Å². The zero-order valence-electron chi connectivity index (χ0n) is 13.2. The Morgan fingerprint density at radius 2 is 1.96 bits per heavy atom. The van der Waals surface area contributed by atoms with Crippen LogP contribution >= 0.6 is 0 Å². The van der Waals surface area contributed by atoms with E-state index in [-0.39, 0.29) is 23.1 Å². The molecule has 0 aliphatic carbocycles. The normalized spacial score (nSPS) is 17.8. The maximum Gasteiger partial charge on any atom is 0.279 e. The number of amides is 1. The summed E-state index contributed by atoms with van der Waals surface area (Å²) in [6, 6.07) is 2.12. The van der Waals surface area contributed by atoms with Gasteiger partial charge in [0.15, 0.2) is 0 Å². The van der Waals surface area contributed by atoms with Gasteiger partial charge < -0.3 is 4.90 Å². The van der Waals surface area contributed by atoms with Crippen LogP contribution in [-0.4, -0.2) is 33.2 Å². The van der Waals surface area contributed by atoms with Crippen molar-refractivity contribution in [3.05, 3.63) is 43.5 Å². The van der Waals surface area contributed by atoms with Crippen molar-refractivity contribution in [1.29, 1.82) is 0 Å². The molecule has 0 bridgehead atoms. The maximum atomic E-state index is 12.8. The van der Waals surface area contributed by atoms with Gasteiger partial charge in [-0.25, -0.2) is 0 Å². The molecule has 0 radical (unpaired) electrons. The molecule has 1 aromatic rings. The molecule has 124 valence electrons. The van der Waals surface area contributed by atoms with E-state index in [4.69, 9.17) is 0 Å². The molecule has 23 heavy (non-hydrogen) atoms. The van der Waals surface area contributed by atoms with Crippen molar-refractivity contribution >= 4 is 17.3 Å². The van der Waals surface area contributed by atoms with Gasteiger partial charge in [-0.3, -0.25) is 25.0 Å². The molecule has 1 fully saturated rings. The van der Waals surface area contributed by atoms with Crippen molar-refractivity contribution in [2.45, 2.75) is 45.6 Å². The fraction of sp³-hybridized carbons (Fsp3) is 0.533. The van der Waals surface area contributed by atoms with Crippen molar-refractivity contribution in [2.75, 3.05) is 6.54 Å². The fourth-order valence-corrected chi connectivity index (χ4v) is 3.05. The minimum absolute atomic E-state index is 0.0475. The zero-order chi connectivity index (χ0) is 17.1. The maximum absolute atomic E-state index is 12.8. The molecule has 1 unspecified atom stereocenters.